The van der Waals surface area contributed by atoms with Crippen LogP contribution in [0.2, 0.25) is 0 Å². The molecule has 0 radical (unpaired) electrons. The van der Waals surface area contributed by atoms with Gasteiger partial charge in [0.05, 0.1) is 29.5 Å². The van der Waals surface area contributed by atoms with Crippen molar-refractivity contribution in [1.29, 1.82) is 0 Å². The van der Waals surface area contributed by atoms with Crippen LogP contribution in [0.3, 0.4) is 0 Å². The molecule has 4 nitrogen and oxygen atoms in total. The van der Waals surface area contributed by atoms with Crippen LogP contribution in [0.4, 0.5) is 17.1 Å². The largest absolute Gasteiger partial charge is 0.269 e. The Morgan fingerprint density at radius 2 is 0.769 bits per heavy atom. The van der Waals surface area contributed by atoms with Crippen LogP contribution in [-0.4, -0.2) is 19.5 Å². The quantitative estimate of drug-likeness (QED) is 0.124. The Kier molecular flexibility index (Phi) is 6.83. The first-order valence-electron chi connectivity index (χ1n) is 13.0. The molecule has 0 bridgehead atoms. The molecule has 0 aliphatic heterocycles. The average molecular weight is 505 g/mol. The second-order valence-corrected chi connectivity index (χ2v) is 9.25. The van der Waals surface area contributed by atoms with Crippen LogP contribution >= 0.6 is 0 Å². The molecule has 0 saturated heterocycles. The van der Waals surface area contributed by atoms with Gasteiger partial charge < -0.3 is 0 Å². The zero-order valence-corrected chi connectivity index (χ0v) is 21.7. The van der Waals surface area contributed by atoms with Crippen molar-refractivity contribution in [2.45, 2.75) is 0 Å². The van der Waals surface area contributed by atoms with Gasteiger partial charge in [0.2, 0.25) is 0 Å². The summed E-state index contributed by atoms with van der Waals surface area (Å²) in [4.78, 5) is 0. The monoisotopic (exact) mass is 504 g/mol. The highest BCUT2D eigenvalue weighted by Crippen LogP contribution is 2.32. The van der Waals surface area contributed by atoms with Gasteiger partial charge in [0.25, 0.3) is 0 Å². The molecule has 0 aliphatic rings. The minimum atomic E-state index is 0.990. The Labute approximate surface area is 228 Å². The number of benzene rings is 6. The molecule has 0 spiro atoms. The standard InChI is InChI=1S/C35H28N4/c1-38(27-15-5-2-6-16-27)36-25-34-32-23-13-11-21-30(32)31-22-12-14-24-33(31)35(34)26-37-39(28-17-7-3-8-18-28)29-19-9-4-10-20-29/h2-26H,1H3. The summed E-state index contributed by atoms with van der Waals surface area (Å²) in [7, 11) is 1.97. The molecule has 0 aliphatic carbocycles. The Balaban J connectivity index is 1.54. The van der Waals surface area contributed by atoms with Gasteiger partial charge in [0.1, 0.15) is 0 Å². The number of anilines is 3. The summed E-state index contributed by atoms with van der Waals surface area (Å²) in [5.74, 6) is 0. The van der Waals surface area contributed by atoms with Crippen molar-refractivity contribution in [2.75, 3.05) is 17.1 Å². The van der Waals surface area contributed by atoms with E-state index >= 15 is 0 Å². The fourth-order valence-corrected chi connectivity index (χ4v) is 4.87. The number of rotatable bonds is 7. The fraction of sp³-hybridized carbons (Fsp3) is 0.0286. The minimum absolute atomic E-state index is 0.990. The normalized spacial score (nSPS) is 11.5. The maximum absolute atomic E-state index is 5.07. The maximum atomic E-state index is 5.07. The van der Waals surface area contributed by atoms with Crippen LogP contribution in [-0.2, 0) is 0 Å². The van der Waals surface area contributed by atoms with Crippen LogP contribution in [0, 0.1) is 0 Å². The zero-order chi connectivity index (χ0) is 26.4. The second kappa shape index (κ2) is 11.0. The third kappa shape index (κ3) is 5.00. The van der Waals surface area contributed by atoms with Crippen molar-refractivity contribution < 1.29 is 0 Å². The summed E-state index contributed by atoms with van der Waals surface area (Å²) in [5, 5.41) is 18.4. The number of hydrogen-bond acceptors (Lipinski definition) is 4. The van der Waals surface area contributed by atoms with Gasteiger partial charge in [-0.05, 0) is 57.9 Å². The lowest BCUT2D eigenvalue weighted by molar-refractivity contribution is 1.02. The van der Waals surface area contributed by atoms with E-state index in [1.807, 2.05) is 84.1 Å². The van der Waals surface area contributed by atoms with E-state index in [0.717, 1.165) is 39.0 Å². The molecule has 0 amide bonds. The van der Waals surface area contributed by atoms with E-state index in [1.54, 1.807) is 0 Å². The van der Waals surface area contributed by atoms with Gasteiger partial charge in [-0.25, -0.2) is 5.01 Å². The van der Waals surface area contributed by atoms with Crippen LogP contribution in [0.25, 0.3) is 21.5 Å². The predicted molar refractivity (Wildman–Crippen MR) is 167 cm³/mol. The van der Waals surface area contributed by atoms with Crippen LogP contribution in [0.1, 0.15) is 11.1 Å². The molecule has 39 heavy (non-hydrogen) atoms. The second-order valence-electron chi connectivity index (χ2n) is 9.25. The third-order valence-electron chi connectivity index (χ3n) is 6.81. The lowest BCUT2D eigenvalue weighted by atomic mass is 9.92. The molecule has 4 heteroatoms. The molecule has 6 aromatic carbocycles. The highest BCUT2D eigenvalue weighted by molar-refractivity contribution is 6.21. The summed E-state index contributed by atoms with van der Waals surface area (Å²) in [5.41, 5.74) is 5.05. The van der Waals surface area contributed by atoms with Gasteiger partial charge >= 0.3 is 0 Å². The maximum Gasteiger partial charge on any atom is 0.0652 e. The molecule has 0 atom stereocenters. The van der Waals surface area contributed by atoms with E-state index in [9.17, 15) is 0 Å². The number of fused-ring (bicyclic) bond motifs is 3. The number of hydrogen-bond donors (Lipinski definition) is 0. The molecular formula is C35H28N4. The fourth-order valence-electron chi connectivity index (χ4n) is 4.87. The van der Waals surface area contributed by atoms with E-state index < -0.39 is 0 Å². The van der Waals surface area contributed by atoms with Crippen molar-refractivity contribution in [1.82, 2.24) is 0 Å². The molecule has 0 aromatic heterocycles. The number of nitrogens with zero attached hydrogens (tertiary/aromatic N) is 4. The van der Waals surface area contributed by atoms with Crippen molar-refractivity contribution >= 4 is 51.0 Å². The van der Waals surface area contributed by atoms with Crippen molar-refractivity contribution in [2.24, 2.45) is 10.2 Å². The molecule has 0 saturated carbocycles. The highest BCUT2D eigenvalue weighted by atomic mass is 15.5. The lowest BCUT2D eigenvalue weighted by Gasteiger charge is -2.20. The van der Waals surface area contributed by atoms with Crippen LogP contribution < -0.4 is 10.0 Å². The predicted octanol–water partition coefficient (Wildman–Crippen LogP) is 8.64. The van der Waals surface area contributed by atoms with Crippen molar-refractivity contribution in [3.05, 3.63) is 151 Å². The average Bonchev–Trinajstić information content (AvgIpc) is 3.02. The SMILES string of the molecule is CN(N=Cc1c(C=NN(c2ccccc2)c2ccccc2)c2ccccc2c2ccccc12)c1ccccc1. The van der Waals surface area contributed by atoms with Gasteiger partial charge in [-0.15, -0.1) is 0 Å². The van der Waals surface area contributed by atoms with Crippen LogP contribution in [0.15, 0.2) is 150 Å². The van der Waals surface area contributed by atoms with E-state index in [1.165, 1.54) is 10.8 Å². The first-order valence-corrected chi connectivity index (χ1v) is 13.0. The van der Waals surface area contributed by atoms with E-state index in [4.69, 9.17) is 10.2 Å². The zero-order valence-electron chi connectivity index (χ0n) is 21.7. The van der Waals surface area contributed by atoms with Gasteiger partial charge in [0.15, 0.2) is 0 Å². The molecule has 6 rings (SSSR count). The Hall–Kier alpha value is -5.22. The van der Waals surface area contributed by atoms with Crippen molar-refractivity contribution in [3.8, 4) is 0 Å². The molecular weight excluding hydrogens is 476 g/mol. The number of para-hydroxylation sites is 3. The van der Waals surface area contributed by atoms with E-state index in [-0.39, 0.29) is 0 Å². The van der Waals surface area contributed by atoms with Gasteiger partial charge in [-0.2, -0.15) is 10.2 Å². The summed E-state index contributed by atoms with van der Waals surface area (Å²) >= 11 is 0. The van der Waals surface area contributed by atoms with Crippen molar-refractivity contribution in [3.63, 3.8) is 0 Å². The summed E-state index contributed by atoms with van der Waals surface area (Å²) in [6, 6.07) is 47.6. The summed E-state index contributed by atoms with van der Waals surface area (Å²) in [6.07, 6.45) is 3.93. The number of hydrazone groups is 2. The Morgan fingerprint density at radius 3 is 1.23 bits per heavy atom. The third-order valence-corrected chi connectivity index (χ3v) is 6.81. The molecule has 0 heterocycles. The van der Waals surface area contributed by atoms with Gasteiger partial charge in [-0.3, -0.25) is 5.01 Å². The van der Waals surface area contributed by atoms with Gasteiger partial charge in [0, 0.05) is 18.2 Å². The molecule has 188 valence electrons. The highest BCUT2D eigenvalue weighted by Gasteiger charge is 2.14. The smallest absolute Gasteiger partial charge is 0.0652 e. The first-order chi connectivity index (χ1) is 19.3. The summed E-state index contributed by atoms with van der Waals surface area (Å²) in [6.45, 7) is 0. The Morgan fingerprint density at radius 1 is 0.410 bits per heavy atom. The first kappa shape index (κ1) is 24.1. The molecule has 6 aromatic rings. The van der Waals surface area contributed by atoms with E-state index in [0.29, 0.717) is 0 Å². The summed E-state index contributed by atoms with van der Waals surface area (Å²) < 4.78 is 0. The van der Waals surface area contributed by atoms with Crippen LogP contribution in [0.5, 0.6) is 0 Å². The lowest BCUT2D eigenvalue weighted by Crippen LogP contribution is -2.11. The van der Waals surface area contributed by atoms with E-state index in [2.05, 4.69) is 84.9 Å². The molecule has 0 N–H and O–H groups in total. The Bertz CT molecular complexity index is 1720. The minimum Gasteiger partial charge on any atom is -0.269 e. The topological polar surface area (TPSA) is 31.2 Å². The molecule has 0 fully saturated rings. The molecule has 0 unspecified atom stereocenters. The van der Waals surface area contributed by atoms with Gasteiger partial charge in [-0.1, -0.05) is 103 Å².